The number of hydrogen-bond acceptors (Lipinski definition) is 4. The maximum absolute atomic E-state index is 12.9. The standard InChI is InChI=1S/C20H29N5O2/c1-14-18(20(27)25(23(14)4)17-10-6-5-7-11-17)22-19(26)15(2)24-12-8-9-16(13-24)21-3/h5-7,10-11,15-16,21H,8-9,12-13H2,1-4H3,(H,22,26). The molecule has 0 bridgehead atoms. The molecule has 2 atom stereocenters. The maximum atomic E-state index is 12.9. The lowest BCUT2D eigenvalue weighted by Gasteiger charge is -2.35. The Bertz CT molecular complexity index is 855. The number of benzene rings is 1. The van der Waals surface area contributed by atoms with Gasteiger partial charge >= 0.3 is 0 Å². The van der Waals surface area contributed by atoms with E-state index in [1.807, 2.05) is 58.3 Å². The fourth-order valence-electron chi connectivity index (χ4n) is 3.70. The number of nitrogens with zero attached hydrogens (tertiary/aromatic N) is 3. The number of hydrogen-bond donors (Lipinski definition) is 2. The van der Waals surface area contributed by atoms with Crippen molar-refractivity contribution in [3.63, 3.8) is 0 Å². The quantitative estimate of drug-likeness (QED) is 0.836. The number of carbonyl (C=O) groups excluding carboxylic acids is 1. The van der Waals surface area contributed by atoms with Crippen molar-refractivity contribution in [1.29, 1.82) is 0 Å². The van der Waals surface area contributed by atoms with Crippen LogP contribution in [-0.2, 0) is 11.8 Å². The summed E-state index contributed by atoms with van der Waals surface area (Å²) in [5, 5.41) is 6.18. The summed E-state index contributed by atoms with van der Waals surface area (Å²) < 4.78 is 3.35. The molecule has 7 nitrogen and oxygen atoms in total. The third-order valence-corrected chi connectivity index (χ3v) is 5.59. The van der Waals surface area contributed by atoms with E-state index < -0.39 is 0 Å². The molecule has 0 saturated carbocycles. The van der Waals surface area contributed by atoms with Crippen molar-refractivity contribution in [2.45, 2.75) is 38.8 Å². The minimum absolute atomic E-state index is 0.141. The molecular formula is C20H29N5O2. The minimum atomic E-state index is -0.287. The van der Waals surface area contributed by atoms with Crippen LogP contribution < -0.4 is 16.2 Å². The van der Waals surface area contributed by atoms with Gasteiger partial charge in [0.05, 0.1) is 17.4 Å². The van der Waals surface area contributed by atoms with Gasteiger partial charge in [-0.2, -0.15) is 0 Å². The number of carbonyl (C=O) groups is 1. The molecule has 146 valence electrons. The number of piperidine rings is 1. The van der Waals surface area contributed by atoms with Gasteiger partial charge in [0, 0.05) is 19.6 Å². The molecule has 1 amide bonds. The highest BCUT2D eigenvalue weighted by Gasteiger charge is 2.28. The first-order chi connectivity index (χ1) is 12.9. The summed E-state index contributed by atoms with van der Waals surface area (Å²) in [7, 11) is 3.78. The third-order valence-electron chi connectivity index (χ3n) is 5.59. The fraction of sp³-hybridized carbons (Fsp3) is 0.500. The van der Waals surface area contributed by atoms with E-state index in [9.17, 15) is 9.59 Å². The highest BCUT2D eigenvalue weighted by Crippen LogP contribution is 2.17. The zero-order chi connectivity index (χ0) is 19.6. The van der Waals surface area contributed by atoms with Crippen molar-refractivity contribution in [3.05, 3.63) is 46.4 Å². The predicted octanol–water partition coefficient (Wildman–Crippen LogP) is 1.50. The van der Waals surface area contributed by atoms with Crippen molar-refractivity contribution in [2.24, 2.45) is 7.05 Å². The number of nitrogens with one attached hydrogen (secondary N) is 2. The van der Waals surface area contributed by atoms with Crippen LogP contribution in [0.1, 0.15) is 25.5 Å². The fourth-order valence-corrected chi connectivity index (χ4v) is 3.70. The Kier molecular flexibility index (Phi) is 5.82. The van der Waals surface area contributed by atoms with Gasteiger partial charge < -0.3 is 10.6 Å². The van der Waals surface area contributed by atoms with E-state index in [2.05, 4.69) is 15.5 Å². The SMILES string of the molecule is CNC1CCCN(C(C)C(=O)Nc2c(C)n(C)n(-c3ccccc3)c2=O)C1. The summed E-state index contributed by atoms with van der Waals surface area (Å²) in [5.41, 5.74) is 1.64. The first-order valence-electron chi connectivity index (χ1n) is 9.50. The molecule has 27 heavy (non-hydrogen) atoms. The van der Waals surface area contributed by atoms with Crippen LogP contribution in [0, 0.1) is 6.92 Å². The first-order valence-corrected chi connectivity index (χ1v) is 9.50. The van der Waals surface area contributed by atoms with Gasteiger partial charge in [-0.1, -0.05) is 18.2 Å². The second-order valence-corrected chi connectivity index (χ2v) is 7.22. The molecule has 1 aromatic carbocycles. The third kappa shape index (κ3) is 3.84. The van der Waals surface area contributed by atoms with Gasteiger partial charge in [0.25, 0.3) is 5.56 Å². The lowest BCUT2D eigenvalue weighted by molar-refractivity contribution is -0.121. The van der Waals surface area contributed by atoms with Crippen LogP contribution in [0.4, 0.5) is 5.69 Å². The van der Waals surface area contributed by atoms with Crippen molar-refractivity contribution < 1.29 is 4.79 Å². The summed E-state index contributed by atoms with van der Waals surface area (Å²) in [6.45, 7) is 5.49. The second kappa shape index (κ2) is 8.10. The van der Waals surface area contributed by atoms with Crippen LogP contribution in [0.15, 0.2) is 35.1 Å². The Morgan fingerprint density at radius 3 is 2.63 bits per heavy atom. The summed E-state index contributed by atoms with van der Waals surface area (Å²) in [6, 6.07) is 9.55. The Labute approximate surface area is 159 Å². The topological polar surface area (TPSA) is 71.3 Å². The molecule has 1 aromatic heterocycles. The molecule has 2 aromatic rings. The number of aromatic nitrogens is 2. The van der Waals surface area contributed by atoms with E-state index in [1.165, 1.54) is 0 Å². The number of amides is 1. The van der Waals surface area contributed by atoms with E-state index in [-0.39, 0.29) is 17.5 Å². The molecule has 0 aliphatic carbocycles. The van der Waals surface area contributed by atoms with Crippen LogP contribution in [0.3, 0.4) is 0 Å². The van der Waals surface area contributed by atoms with Crippen molar-refractivity contribution in [1.82, 2.24) is 19.6 Å². The summed E-state index contributed by atoms with van der Waals surface area (Å²) in [5.74, 6) is -0.141. The highest BCUT2D eigenvalue weighted by atomic mass is 16.2. The summed E-state index contributed by atoms with van der Waals surface area (Å²) >= 11 is 0. The molecule has 7 heteroatoms. The Balaban J connectivity index is 1.81. The molecule has 1 fully saturated rings. The molecule has 0 spiro atoms. The number of likely N-dealkylation sites (tertiary alicyclic amines) is 1. The van der Waals surface area contributed by atoms with E-state index in [0.29, 0.717) is 11.7 Å². The molecule has 1 aliphatic rings. The lowest BCUT2D eigenvalue weighted by Crippen LogP contribution is -2.51. The first kappa shape index (κ1) is 19.4. The number of para-hydroxylation sites is 1. The number of anilines is 1. The summed E-state index contributed by atoms with van der Waals surface area (Å²) in [4.78, 5) is 28.0. The van der Waals surface area contributed by atoms with Gasteiger partial charge in [-0.15, -0.1) is 0 Å². The Hall–Kier alpha value is -2.38. The molecule has 2 unspecified atom stereocenters. The average Bonchev–Trinajstić information content (AvgIpc) is 2.91. The highest BCUT2D eigenvalue weighted by molar-refractivity contribution is 5.95. The zero-order valence-corrected chi connectivity index (χ0v) is 16.5. The molecule has 1 saturated heterocycles. The monoisotopic (exact) mass is 371 g/mol. The van der Waals surface area contributed by atoms with E-state index in [1.54, 1.807) is 9.36 Å². The van der Waals surface area contributed by atoms with Gasteiger partial charge in [-0.25, -0.2) is 4.68 Å². The Morgan fingerprint density at radius 2 is 1.96 bits per heavy atom. The normalized spacial score (nSPS) is 19.0. The van der Waals surface area contributed by atoms with E-state index in [4.69, 9.17) is 0 Å². The van der Waals surface area contributed by atoms with Crippen LogP contribution >= 0.6 is 0 Å². The smallest absolute Gasteiger partial charge is 0.295 e. The van der Waals surface area contributed by atoms with E-state index >= 15 is 0 Å². The van der Waals surface area contributed by atoms with Crippen LogP contribution in [0.25, 0.3) is 5.69 Å². The van der Waals surface area contributed by atoms with Gasteiger partial charge in [-0.05, 0) is 52.4 Å². The largest absolute Gasteiger partial charge is 0.319 e. The van der Waals surface area contributed by atoms with Crippen LogP contribution in [0.5, 0.6) is 0 Å². The molecule has 2 heterocycles. The maximum Gasteiger partial charge on any atom is 0.295 e. The predicted molar refractivity (Wildman–Crippen MR) is 107 cm³/mol. The van der Waals surface area contributed by atoms with E-state index in [0.717, 1.165) is 37.3 Å². The number of rotatable bonds is 5. The lowest BCUT2D eigenvalue weighted by atomic mass is 10.0. The molecule has 1 aliphatic heterocycles. The molecule has 2 N–H and O–H groups in total. The van der Waals surface area contributed by atoms with Gasteiger partial charge in [0.2, 0.25) is 5.91 Å². The number of likely N-dealkylation sites (N-methyl/N-ethyl adjacent to an activating group) is 1. The molecule has 3 rings (SSSR count). The van der Waals surface area contributed by atoms with Gasteiger partial charge in [-0.3, -0.25) is 19.2 Å². The second-order valence-electron chi connectivity index (χ2n) is 7.22. The van der Waals surface area contributed by atoms with Crippen LogP contribution in [-0.4, -0.2) is 52.4 Å². The van der Waals surface area contributed by atoms with Crippen molar-refractivity contribution >= 4 is 11.6 Å². The molecule has 0 radical (unpaired) electrons. The van der Waals surface area contributed by atoms with Crippen molar-refractivity contribution in [2.75, 3.05) is 25.5 Å². The van der Waals surface area contributed by atoms with Crippen LogP contribution in [0.2, 0.25) is 0 Å². The molecular weight excluding hydrogens is 342 g/mol. The van der Waals surface area contributed by atoms with Gasteiger partial charge in [0.1, 0.15) is 5.69 Å². The van der Waals surface area contributed by atoms with Gasteiger partial charge in [0.15, 0.2) is 0 Å². The minimum Gasteiger partial charge on any atom is -0.319 e. The Morgan fingerprint density at radius 1 is 1.26 bits per heavy atom. The average molecular weight is 371 g/mol. The van der Waals surface area contributed by atoms with Crippen molar-refractivity contribution in [3.8, 4) is 5.69 Å². The zero-order valence-electron chi connectivity index (χ0n) is 16.5. The summed E-state index contributed by atoms with van der Waals surface area (Å²) in [6.07, 6.45) is 2.19.